The molecule has 1 aliphatic carbocycles. The minimum absolute atomic E-state index is 0.774. The van der Waals surface area contributed by atoms with E-state index in [0.29, 0.717) is 0 Å². The van der Waals surface area contributed by atoms with E-state index in [2.05, 4.69) is 21.3 Å². The first kappa shape index (κ1) is 16.0. The van der Waals surface area contributed by atoms with Crippen molar-refractivity contribution in [2.75, 3.05) is 6.54 Å². The Morgan fingerprint density at radius 1 is 1.00 bits per heavy atom. The van der Waals surface area contributed by atoms with Crippen molar-refractivity contribution in [3.05, 3.63) is 46.7 Å². The first-order valence-electron chi connectivity index (χ1n) is 8.44. The molecule has 0 saturated heterocycles. The van der Waals surface area contributed by atoms with Gasteiger partial charge in [0.2, 0.25) is 0 Å². The molecule has 0 atom stereocenters. The highest BCUT2D eigenvalue weighted by molar-refractivity contribution is 5.08. The van der Waals surface area contributed by atoms with Gasteiger partial charge in [0.15, 0.2) is 0 Å². The van der Waals surface area contributed by atoms with Gasteiger partial charge in [-0.25, -0.2) is 0 Å². The summed E-state index contributed by atoms with van der Waals surface area (Å²) in [4.78, 5) is 2.37. The van der Waals surface area contributed by atoms with Crippen LogP contribution < -0.4 is 0 Å². The van der Waals surface area contributed by atoms with Gasteiger partial charge < -0.3 is 9.05 Å². The van der Waals surface area contributed by atoms with Crippen molar-refractivity contribution < 1.29 is 9.05 Å². The molecule has 124 valence electrons. The number of nitrogens with zero attached hydrogens (tertiary/aromatic N) is 3. The molecule has 0 aromatic carbocycles. The van der Waals surface area contributed by atoms with Gasteiger partial charge in [-0.05, 0) is 46.0 Å². The number of aryl methyl sites for hydroxylation is 2. The van der Waals surface area contributed by atoms with Crippen molar-refractivity contribution in [2.45, 2.75) is 59.0 Å². The van der Waals surface area contributed by atoms with E-state index >= 15 is 0 Å². The van der Waals surface area contributed by atoms with Crippen molar-refractivity contribution in [3.8, 4) is 0 Å². The van der Waals surface area contributed by atoms with E-state index in [9.17, 15) is 0 Å². The Bertz CT molecular complexity index is 615. The topological polar surface area (TPSA) is 55.3 Å². The summed E-state index contributed by atoms with van der Waals surface area (Å²) < 4.78 is 10.4. The molecule has 0 N–H and O–H groups in total. The van der Waals surface area contributed by atoms with Crippen LogP contribution in [0.25, 0.3) is 0 Å². The molecule has 2 aromatic rings. The second-order valence-corrected chi connectivity index (χ2v) is 6.43. The van der Waals surface area contributed by atoms with Gasteiger partial charge in [-0.3, -0.25) is 4.90 Å². The zero-order valence-electron chi connectivity index (χ0n) is 14.0. The quantitative estimate of drug-likeness (QED) is 0.718. The number of allylic oxidation sites excluding steroid dienone is 1. The average molecular weight is 315 g/mol. The fraction of sp³-hybridized carbons (Fsp3) is 0.556. The summed E-state index contributed by atoms with van der Waals surface area (Å²) in [6, 6.07) is 4.00. The maximum Gasteiger partial charge on any atom is 0.133 e. The number of hydrogen-bond acceptors (Lipinski definition) is 5. The molecular formula is C18H25N3O2. The average Bonchev–Trinajstić information content (AvgIpc) is 3.14. The molecular weight excluding hydrogens is 290 g/mol. The van der Waals surface area contributed by atoms with Crippen LogP contribution in [0.2, 0.25) is 0 Å². The van der Waals surface area contributed by atoms with E-state index in [4.69, 9.17) is 9.05 Å². The molecule has 0 saturated carbocycles. The molecule has 2 heterocycles. The van der Waals surface area contributed by atoms with Gasteiger partial charge >= 0.3 is 0 Å². The molecule has 2 aromatic heterocycles. The third-order valence-corrected chi connectivity index (χ3v) is 4.26. The summed E-state index contributed by atoms with van der Waals surface area (Å²) in [5, 5.41) is 8.24. The molecule has 0 aliphatic heterocycles. The summed E-state index contributed by atoms with van der Waals surface area (Å²) in [7, 11) is 0. The zero-order chi connectivity index (χ0) is 16.1. The van der Waals surface area contributed by atoms with Crippen LogP contribution in [0.1, 0.15) is 55.0 Å². The highest BCUT2D eigenvalue weighted by atomic mass is 16.5. The fourth-order valence-electron chi connectivity index (χ4n) is 3.09. The van der Waals surface area contributed by atoms with Crippen molar-refractivity contribution in [3.63, 3.8) is 0 Å². The highest BCUT2D eigenvalue weighted by Gasteiger charge is 2.14. The predicted octanol–water partition coefficient (Wildman–Crippen LogP) is 4.17. The highest BCUT2D eigenvalue weighted by Crippen LogP contribution is 2.21. The fourth-order valence-corrected chi connectivity index (χ4v) is 3.09. The molecule has 5 nitrogen and oxygen atoms in total. The molecule has 0 bridgehead atoms. The number of hydrogen-bond donors (Lipinski definition) is 0. The Morgan fingerprint density at radius 3 is 2.13 bits per heavy atom. The molecule has 0 fully saturated rings. The van der Waals surface area contributed by atoms with Gasteiger partial charge in [-0.15, -0.1) is 0 Å². The zero-order valence-corrected chi connectivity index (χ0v) is 14.0. The Balaban J connectivity index is 1.63. The van der Waals surface area contributed by atoms with Gasteiger partial charge in [0.05, 0.1) is 11.4 Å². The summed E-state index contributed by atoms with van der Waals surface area (Å²) in [6.45, 7) is 6.40. The van der Waals surface area contributed by atoms with Crippen molar-refractivity contribution >= 4 is 0 Å². The predicted molar refractivity (Wildman–Crippen MR) is 87.8 cm³/mol. The van der Waals surface area contributed by atoms with Crippen molar-refractivity contribution in [1.82, 2.24) is 15.2 Å². The SMILES string of the molecule is Cc1cc(CN(CCC2=CCCCC2)Cc2cc(C)on2)no1. The molecule has 5 heteroatoms. The smallest absolute Gasteiger partial charge is 0.133 e. The Labute approximate surface area is 137 Å². The van der Waals surface area contributed by atoms with Crippen LogP contribution in [-0.2, 0) is 13.1 Å². The van der Waals surface area contributed by atoms with Gasteiger partial charge in [0, 0.05) is 31.8 Å². The minimum atomic E-state index is 0.774. The summed E-state index contributed by atoms with van der Waals surface area (Å²) in [5.41, 5.74) is 3.54. The van der Waals surface area contributed by atoms with Crippen LogP contribution >= 0.6 is 0 Å². The standard InChI is InChI=1S/C18H25N3O2/c1-14-10-17(19-22-14)12-21(13-18-11-15(2)23-20-18)9-8-16-6-4-3-5-7-16/h6,10-11H,3-5,7-9,12-13H2,1-2H3. The Hall–Kier alpha value is -1.88. The molecule has 0 amide bonds. The van der Waals surface area contributed by atoms with Gasteiger partial charge in [-0.1, -0.05) is 22.0 Å². The van der Waals surface area contributed by atoms with Crippen molar-refractivity contribution in [2.24, 2.45) is 0 Å². The maximum absolute atomic E-state index is 5.19. The lowest BCUT2D eigenvalue weighted by Gasteiger charge is -2.21. The van der Waals surface area contributed by atoms with E-state index in [1.54, 1.807) is 5.57 Å². The minimum Gasteiger partial charge on any atom is -0.361 e. The summed E-state index contributed by atoms with van der Waals surface area (Å²) >= 11 is 0. The maximum atomic E-state index is 5.19. The van der Waals surface area contributed by atoms with Crippen LogP contribution in [0.15, 0.2) is 32.8 Å². The third kappa shape index (κ3) is 4.79. The lowest BCUT2D eigenvalue weighted by Crippen LogP contribution is -2.25. The van der Waals surface area contributed by atoms with Gasteiger partial charge in [0.1, 0.15) is 11.5 Å². The second-order valence-electron chi connectivity index (χ2n) is 6.43. The molecule has 3 rings (SSSR count). The van der Waals surface area contributed by atoms with Crippen LogP contribution in [0.4, 0.5) is 0 Å². The third-order valence-electron chi connectivity index (χ3n) is 4.26. The monoisotopic (exact) mass is 315 g/mol. The molecule has 0 spiro atoms. The molecule has 0 unspecified atom stereocenters. The number of aromatic nitrogens is 2. The van der Waals surface area contributed by atoms with E-state index in [1.165, 1.54) is 25.7 Å². The van der Waals surface area contributed by atoms with E-state index in [1.807, 2.05) is 26.0 Å². The number of rotatable bonds is 7. The normalized spacial score (nSPS) is 15.2. The summed E-state index contributed by atoms with van der Waals surface area (Å²) in [5.74, 6) is 1.71. The molecule has 1 aliphatic rings. The first-order valence-corrected chi connectivity index (χ1v) is 8.44. The largest absolute Gasteiger partial charge is 0.361 e. The lowest BCUT2D eigenvalue weighted by atomic mass is 9.97. The second kappa shape index (κ2) is 7.59. The van der Waals surface area contributed by atoms with Crippen LogP contribution in [-0.4, -0.2) is 21.8 Å². The molecule has 0 radical (unpaired) electrons. The first-order chi connectivity index (χ1) is 11.2. The van der Waals surface area contributed by atoms with Gasteiger partial charge in [0.25, 0.3) is 0 Å². The van der Waals surface area contributed by atoms with Gasteiger partial charge in [-0.2, -0.15) is 0 Å². The Morgan fingerprint density at radius 2 is 1.65 bits per heavy atom. The summed E-state index contributed by atoms with van der Waals surface area (Å²) in [6.07, 6.45) is 8.69. The van der Waals surface area contributed by atoms with E-state index in [-0.39, 0.29) is 0 Å². The van der Waals surface area contributed by atoms with Crippen molar-refractivity contribution in [1.29, 1.82) is 0 Å². The van der Waals surface area contributed by atoms with Crippen LogP contribution in [0.3, 0.4) is 0 Å². The van der Waals surface area contributed by atoms with Crippen LogP contribution in [0, 0.1) is 13.8 Å². The van der Waals surface area contributed by atoms with E-state index < -0.39 is 0 Å². The molecule has 23 heavy (non-hydrogen) atoms. The Kier molecular flexibility index (Phi) is 5.28. The van der Waals surface area contributed by atoms with Crippen LogP contribution in [0.5, 0.6) is 0 Å². The lowest BCUT2D eigenvalue weighted by molar-refractivity contribution is 0.241. The van der Waals surface area contributed by atoms with E-state index in [0.717, 1.165) is 49.0 Å².